The number of hydrogen-bond donors (Lipinski definition) is 5. The predicted octanol–water partition coefficient (Wildman–Crippen LogP) is 2.12. The molecule has 0 atom stereocenters. The van der Waals surface area contributed by atoms with E-state index >= 15 is 0 Å². The third-order valence-corrected chi connectivity index (χ3v) is 4.42. The molecule has 0 aliphatic rings. The van der Waals surface area contributed by atoms with E-state index in [1.54, 1.807) is 19.2 Å². The summed E-state index contributed by atoms with van der Waals surface area (Å²) in [6.45, 7) is 5.44. The second kappa shape index (κ2) is 10.9. The van der Waals surface area contributed by atoms with Crippen molar-refractivity contribution < 1.29 is 24.9 Å². The molecule has 148 valence electrons. The van der Waals surface area contributed by atoms with Crippen molar-refractivity contribution in [2.75, 3.05) is 14.2 Å². The molecule has 2 rings (SSSR count). The predicted molar refractivity (Wildman–Crippen MR) is 104 cm³/mol. The fourth-order valence-corrected chi connectivity index (χ4v) is 3.20. The Morgan fingerprint density at radius 1 is 1.19 bits per heavy atom. The minimum Gasteiger partial charge on any atom is -0.464 e. The van der Waals surface area contributed by atoms with Gasteiger partial charge in [0.2, 0.25) is 0 Å². The maximum Gasteiger partial charge on any atom is 0.356 e. The van der Waals surface area contributed by atoms with Crippen LogP contribution in [-0.4, -0.2) is 40.4 Å². The van der Waals surface area contributed by atoms with Gasteiger partial charge in [0.25, 0.3) is 0 Å². The van der Waals surface area contributed by atoms with E-state index in [2.05, 4.69) is 23.5 Å². The fourth-order valence-electron chi connectivity index (χ4n) is 2.86. The zero-order chi connectivity index (χ0) is 20.6. The van der Waals surface area contributed by atoms with Crippen molar-refractivity contribution in [3.63, 3.8) is 0 Å². The number of hydrogen-bond acceptors (Lipinski definition) is 6. The van der Waals surface area contributed by atoms with Gasteiger partial charge in [0.1, 0.15) is 5.69 Å². The van der Waals surface area contributed by atoms with E-state index in [0.717, 1.165) is 0 Å². The highest BCUT2D eigenvalue weighted by atomic mass is 35.5. The molecule has 0 aliphatic carbocycles. The number of halogens is 1. The van der Waals surface area contributed by atoms with Crippen LogP contribution < -0.4 is 5.32 Å². The van der Waals surface area contributed by atoms with Crippen LogP contribution in [0.1, 0.15) is 32.9 Å². The van der Waals surface area contributed by atoms with Crippen molar-refractivity contribution in [1.29, 1.82) is 0 Å². The van der Waals surface area contributed by atoms with Gasteiger partial charge in [0.05, 0.1) is 32.0 Å². The van der Waals surface area contributed by atoms with Crippen LogP contribution >= 0.6 is 11.6 Å². The molecule has 0 bridgehead atoms. The summed E-state index contributed by atoms with van der Waals surface area (Å²) in [6, 6.07) is 3.36. The van der Waals surface area contributed by atoms with Gasteiger partial charge in [-0.25, -0.2) is 4.79 Å². The molecule has 0 amide bonds. The van der Waals surface area contributed by atoms with Gasteiger partial charge < -0.3 is 30.4 Å². The number of aromatic amines is 1. The van der Waals surface area contributed by atoms with Crippen LogP contribution in [0.15, 0.2) is 25.3 Å². The Kier molecular flexibility index (Phi) is 9.20. The van der Waals surface area contributed by atoms with E-state index in [1.165, 1.54) is 7.11 Å². The largest absolute Gasteiger partial charge is 0.464 e. The van der Waals surface area contributed by atoms with Crippen LogP contribution in [0.5, 0.6) is 0 Å². The molecule has 0 saturated carbocycles. The topological polar surface area (TPSA) is 115 Å². The molecule has 0 saturated heterocycles. The summed E-state index contributed by atoms with van der Waals surface area (Å²) in [5, 5.41) is 32.1. The van der Waals surface area contributed by atoms with Crippen LogP contribution in [0, 0.1) is 0 Å². The highest BCUT2D eigenvalue weighted by Crippen LogP contribution is 2.38. The number of carbonyl (C=O) groups excluding carboxylic acids is 1. The third kappa shape index (κ3) is 4.58. The second-order valence-electron chi connectivity index (χ2n) is 5.39. The molecule has 2 aromatic rings. The van der Waals surface area contributed by atoms with E-state index in [4.69, 9.17) is 16.3 Å². The van der Waals surface area contributed by atoms with Gasteiger partial charge in [-0.1, -0.05) is 23.7 Å². The number of rotatable bonds is 7. The molecule has 27 heavy (non-hydrogen) atoms. The SMILES string of the molecule is C=C.CNCc1[nH]c(C(=O)OC)c(Cl)c1-c1ccc(CO)c(CO)c1CO. The number of nitrogens with one attached hydrogen (secondary N) is 2. The summed E-state index contributed by atoms with van der Waals surface area (Å²) in [5.41, 5.74) is 3.28. The maximum absolute atomic E-state index is 11.9. The number of methoxy groups -OCH3 is 1. The van der Waals surface area contributed by atoms with Gasteiger partial charge in [-0.2, -0.15) is 0 Å². The average molecular weight is 397 g/mol. The first-order chi connectivity index (χ1) is 13.0. The molecule has 1 aromatic heterocycles. The Morgan fingerprint density at radius 3 is 2.30 bits per heavy atom. The highest BCUT2D eigenvalue weighted by Gasteiger charge is 2.25. The van der Waals surface area contributed by atoms with Crippen LogP contribution in [-0.2, 0) is 31.1 Å². The van der Waals surface area contributed by atoms with Crippen molar-refractivity contribution in [1.82, 2.24) is 10.3 Å². The van der Waals surface area contributed by atoms with Crippen LogP contribution in [0.4, 0.5) is 0 Å². The molecule has 0 fully saturated rings. The minimum atomic E-state index is -0.603. The standard InChI is InChI=1S/C17H21ClN2O5.C2H4/c1-19-5-13-14(15(18)16(20-13)17(24)25-2)10-4-3-9(6-21)11(7-22)12(10)8-23;1-2/h3-4,19-23H,5-8H2,1-2H3;1-2H2. The van der Waals surface area contributed by atoms with Gasteiger partial charge in [-0.15, -0.1) is 13.2 Å². The van der Waals surface area contributed by atoms with Gasteiger partial charge in [0, 0.05) is 17.8 Å². The highest BCUT2D eigenvalue weighted by molar-refractivity contribution is 6.36. The number of esters is 1. The van der Waals surface area contributed by atoms with Crippen LogP contribution in [0.3, 0.4) is 0 Å². The number of aliphatic hydroxyl groups is 3. The molecule has 1 heterocycles. The molecule has 0 spiro atoms. The number of benzene rings is 1. The molecule has 1 aromatic carbocycles. The van der Waals surface area contributed by atoms with Crippen molar-refractivity contribution in [2.24, 2.45) is 0 Å². The van der Waals surface area contributed by atoms with Gasteiger partial charge in [0.15, 0.2) is 0 Å². The maximum atomic E-state index is 11.9. The minimum absolute atomic E-state index is 0.116. The molecule has 0 aliphatic heterocycles. The van der Waals surface area contributed by atoms with E-state index in [9.17, 15) is 20.1 Å². The number of H-pyrrole nitrogens is 1. The molecule has 5 N–H and O–H groups in total. The summed E-state index contributed by atoms with van der Waals surface area (Å²) in [5.74, 6) is -0.603. The summed E-state index contributed by atoms with van der Waals surface area (Å²) in [4.78, 5) is 14.9. The smallest absolute Gasteiger partial charge is 0.356 e. The summed E-state index contributed by atoms with van der Waals surface area (Å²) < 4.78 is 4.74. The zero-order valence-corrected chi connectivity index (χ0v) is 16.2. The van der Waals surface area contributed by atoms with Crippen molar-refractivity contribution in [3.05, 3.63) is 58.4 Å². The van der Waals surface area contributed by atoms with E-state index in [0.29, 0.717) is 40.1 Å². The molecule has 0 unspecified atom stereocenters. The quantitative estimate of drug-likeness (QED) is 0.362. The number of aliphatic hydroxyl groups excluding tert-OH is 3. The molecule has 8 heteroatoms. The normalized spacial score (nSPS) is 10.3. The van der Waals surface area contributed by atoms with Crippen molar-refractivity contribution >= 4 is 17.6 Å². The van der Waals surface area contributed by atoms with E-state index in [-0.39, 0.29) is 30.5 Å². The van der Waals surface area contributed by atoms with E-state index in [1.807, 2.05) is 0 Å². The number of carbonyl (C=O) groups is 1. The molecular weight excluding hydrogens is 372 g/mol. The molecule has 0 radical (unpaired) electrons. The lowest BCUT2D eigenvalue weighted by atomic mass is 9.92. The first-order valence-corrected chi connectivity index (χ1v) is 8.51. The van der Waals surface area contributed by atoms with Crippen molar-refractivity contribution in [2.45, 2.75) is 26.4 Å². The lowest BCUT2D eigenvalue weighted by molar-refractivity contribution is 0.0595. The number of ether oxygens (including phenoxy) is 1. The first-order valence-electron chi connectivity index (χ1n) is 8.13. The van der Waals surface area contributed by atoms with Gasteiger partial charge in [-0.05, 0) is 29.3 Å². The Bertz CT molecular complexity index is 789. The summed E-state index contributed by atoms with van der Waals surface area (Å²) >= 11 is 6.42. The lowest BCUT2D eigenvalue weighted by Gasteiger charge is -2.16. The summed E-state index contributed by atoms with van der Waals surface area (Å²) in [7, 11) is 3.01. The van der Waals surface area contributed by atoms with E-state index < -0.39 is 5.97 Å². The van der Waals surface area contributed by atoms with Crippen LogP contribution in [0.2, 0.25) is 5.02 Å². The Balaban J connectivity index is 0.00000176. The first kappa shape index (κ1) is 22.9. The van der Waals surface area contributed by atoms with Crippen molar-refractivity contribution in [3.8, 4) is 11.1 Å². The summed E-state index contributed by atoms with van der Waals surface area (Å²) in [6.07, 6.45) is 0. The molecule has 7 nitrogen and oxygen atoms in total. The van der Waals surface area contributed by atoms with Crippen LogP contribution in [0.25, 0.3) is 11.1 Å². The van der Waals surface area contributed by atoms with Gasteiger partial charge >= 0.3 is 5.97 Å². The lowest BCUT2D eigenvalue weighted by Crippen LogP contribution is -2.08. The Morgan fingerprint density at radius 2 is 1.81 bits per heavy atom. The fraction of sp³-hybridized carbons (Fsp3) is 0.316. The second-order valence-corrected chi connectivity index (χ2v) is 5.77. The van der Waals surface area contributed by atoms with Gasteiger partial charge in [-0.3, -0.25) is 0 Å². The Labute approximate surface area is 163 Å². The number of aromatic nitrogens is 1. The zero-order valence-electron chi connectivity index (χ0n) is 15.4. The molecular formula is C19H25ClN2O5. The third-order valence-electron chi connectivity index (χ3n) is 4.04. The average Bonchev–Trinajstić information content (AvgIpc) is 3.03. The monoisotopic (exact) mass is 396 g/mol. The Hall–Kier alpha value is -2.16.